The maximum Gasteiger partial charge on any atom is 0.0766 e. The van der Waals surface area contributed by atoms with Crippen molar-refractivity contribution in [2.24, 2.45) is 0 Å². The van der Waals surface area contributed by atoms with Gasteiger partial charge in [0.05, 0.1) is 11.2 Å². The summed E-state index contributed by atoms with van der Waals surface area (Å²) < 4.78 is 4.93. The van der Waals surface area contributed by atoms with E-state index in [-0.39, 0.29) is 0 Å². The highest BCUT2D eigenvalue weighted by Crippen LogP contribution is 2.14. The maximum atomic E-state index is 10.0. The second kappa shape index (κ2) is 7.22. The van der Waals surface area contributed by atoms with Gasteiger partial charge in [-0.2, -0.15) is 0 Å². The van der Waals surface area contributed by atoms with Crippen LogP contribution < -0.4 is 5.32 Å². The van der Waals surface area contributed by atoms with E-state index in [0.717, 1.165) is 12.8 Å². The molecule has 0 heterocycles. The molecular weight excluding hydrogens is 206 g/mol. The molecule has 0 radical (unpaired) electrons. The number of hydrogen-bond acceptors (Lipinski definition) is 4. The molecule has 0 bridgehead atoms. The summed E-state index contributed by atoms with van der Waals surface area (Å²) >= 11 is 0. The number of ether oxygens (including phenoxy) is 1. The van der Waals surface area contributed by atoms with E-state index in [4.69, 9.17) is 4.74 Å². The molecule has 0 aliphatic rings. The molecule has 1 unspecified atom stereocenters. The van der Waals surface area contributed by atoms with Gasteiger partial charge in [-0.1, -0.05) is 13.8 Å². The first-order valence-corrected chi connectivity index (χ1v) is 6.03. The molecule has 0 aromatic heterocycles. The highest BCUT2D eigenvalue weighted by Gasteiger charge is 2.24. The first kappa shape index (κ1) is 15.8. The van der Waals surface area contributed by atoms with Crippen LogP contribution in [0.3, 0.4) is 0 Å². The minimum absolute atomic E-state index is 0.471. The van der Waals surface area contributed by atoms with E-state index in [2.05, 4.69) is 5.32 Å². The second-order valence-corrected chi connectivity index (χ2v) is 4.77. The van der Waals surface area contributed by atoms with Crippen molar-refractivity contribution in [3.8, 4) is 0 Å². The van der Waals surface area contributed by atoms with Gasteiger partial charge in [0.2, 0.25) is 0 Å². The van der Waals surface area contributed by atoms with Crippen molar-refractivity contribution < 1.29 is 14.9 Å². The molecule has 4 nitrogen and oxygen atoms in total. The van der Waals surface area contributed by atoms with Crippen LogP contribution in [0.2, 0.25) is 0 Å². The second-order valence-electron chi connectivity index (χ2n) is 4.77. The zero-order valence-corrected chi connectivity index (χ0v) is 11.0. The molecule has 0 aromatic rings. The molecule has 0 aliphatic heterocycles. The number of nitrogens with one attached hydrogen (secondary N) is 1. The average Bonchev–Trinajstić information content (AvgIpc) is 2.26. The topological polar surface area (TPSA) is 61.7 Å². The number of aliphatic hydroxyl groups is 2. The SMILES string of the molecule is CCC(O)(CC)CNCC(C)(O)CCOC. The molecule has 0 aromatic carbocycles. The van der Waals surface area contributed by atoms with Crippen molar-refractivity contribution in [3.05, 3.63) is 0 Å². The molecule has 1 atom stereocenters. The van der Waals surface area contributed by atoms with E-state index in [1.165, 1.54) is 0 Å². The predicted molar refractivity (Wildman–Crippen MR) is 65.5 cm³/mol. The van der Waals surface area contributed by atoms with Gasteiger partial charge < -0.3 is 20.3 Å². The first-order valence-electron chi connectivity index (χ1n) is 6.03. The number of methoxy groups -OCH3 is 1. The fourth-order valence-corrected chi connectivity index (χ4v) is 1.47. The van der Waals surface area contributed by atoms with Crippen molar-refractivity contribution in [3.63, 3.8) is 0 Å². The van der Waals surface area contributed by atoms with Crippen molar-refractivity contribution in [1.29, 1.82) is 0 Å². The van der Waals surface area contributed by atoms with E-state index in [1.807, 2.05) is 13.8 Å². The summed E-state index contributed by atoms with van der Waals surface area (Å²) in [5.74, 6) is 0. The molecular formula is C12H27NO3. The van der Waals surface area contributed by atoms with Crippen LogP contribution in [0.1, 0.15) is 40.0 Å². The van der Waals surface area contributed by atoms with Crippen LogP contribution in [0.5, 0.6) is 0 Å². The van der Waals surface area contributed by atoms with Crippen LogP contribution in [-0.4, -0.2) is 48.2 Å². The van der Waals surface area contributed by atoms with E-state index >= 15 is 0 Å². The molecule has 0 amide bonds. The predicted octanol–water partition coefficient (Wildman–Crippen LogP) is 0.915. The molecule has 0 rings (SSSR count). The van der Waals surface area contributed by atoms with Gasteiger partial charge in [0.15, 0.2) is 0 Å². The summed E-state index contributed by atoms with van der Waals surface area (Å²) in [5.41, 5.74) is -1.43. The molecule has 0 spiro atoms. The van der Waals surface area contributed by atoms with Gasteiger partial charge in [-0.3, -0.25) is 0 Å². The van der Waals surface area contributed by atoms with Gasteiger partial charge in [-0.05, 0) is 19.8 Å². The standard InChI is InChI=1S/C12H27NO3/c1-5-12(15,6-2)10-13-9-11(3,14)7-8-16-4/h13-15H,5-10H2,1-4H3. The van der Waals surface area contributed by atoms with Crippen molar-refractivity contribution in [2.45, 2.75) is 51.2 Å². The van der Waals surface area contributed by atoms with Crippen LogP contribution in [0.15, 0.2) is 0 Å². The highest BCUT2D eigenvalue weighted by atomic mass is 16.5. The van der Waals surface area contributed by atoms with Gasteiger partial charge >= 0.3 is 0 Å². The van der Waals surface area contributed by atoms with Crippen LogP contribution in [-0.2, 0) is 4.74 Å². The normalized spacial score (nSPS) is 16.1. The minimum Gasteiger partial charge on any atom is -0.389 e. The smallest absolute Gasteiger partial charge is 0.0766 e. The van der Waals surface area contributed by atoms with Gasteiger partial charge in [-0.15, -0.1) is 0 Å². The lowest BCUT2D eigenvalue weighted by Crippen LogP contribution is -2.46. The summed E-state index contributed by atoms with van der Waals surface area (Å²) in [6, 6.07) is 0. The Kier molecular flexibility index (Phi) is 7.15. The average molecular weight is 233 g/mol. The summed E-state index contributed by atoms with van der Waals surface area (Å²) in [5, 5.41) is 23.1. The fraction of sp³-hybridized carbons (Fsp3) is 1.00. The van der Waals surface area contributed by atoms with Gasteiger partial charge in [0, 0.05) is 33.2 Å². The Labute approximate surface area is 99.0 Å². The van der Waals surface area contributed by atoms with Gasteiger partial charge in [0.25, 0.3) is 0 Å². The van der Waals surface area contributed by atoms with Crippen LogP contribution in [0.4, 0.5) is 0 Å². The third-order valence-corrected chi connectivity index (χ3v) is 3.12. The molecule has 16 heavy (non-hydrogen) atoms. The number of hydrogen-bond donors (Lipinski definition) is 3. The Morgan fingerprint density at radius 2 is 1.69 bits per heavy atom. The van der Waals surface area contributed by atoms with Crippen molar-refractivity contribution in [1.82, 2.24) is 5.32 Å². The van der Waals surface area contributed by atoms with E-state index in [1.54, 1.807) is 14.0 Å². The van der Waals surface area contributed by atoms with Gasteiger partial charge in [-0.25, -0.2) is 0 Å². The monoisotopic (exact) mass is 233 g/mol. The Morgan fingerprint density at radius 1 is 1.12 bits per heavy atom. The lowest BCUT2D eigenvalue weighted by atomic mass is 9.96. The highest BCUT2D eigenvalue weighted by molar-refractivity contribution is 4.81. The molecule has 0 aliphatic carbocycles. The van der Waals surface area contributed by atoms with E-state index in [0.29, 0.717) is 26.1 Å². The van der Waals surface area contributed by atoms with Crippen LogP contribution in [0, 0.1) is 0 Å². The van der Waals surface area contributed by atoms with Crippen molar-refractivity contribution >= 4 is 0 Å². The van der Waals surface area contributed by atoms with E-state index in [9.17, 15) is 10.2 Å². The fourth-order valence-electron chi connectivity index (χ4n) is 1.47. The lowest BCUT2D eigenvalue weighted by molar-refractivity contribution is 0.00543. The first-order chi connectivity index (χ1) is 7.39. The molecule has 98 valence electrons. The molecule has 0 saturated heterocycles. The maximum absolute atomic E-state index is 10.0. The molecule has 4 heteroatoms. The van der Waals surface area contributed by atoms with Crippen molar-refractivity contribution in [2.75, 3.05) is 26.8 Å². The Hall–Kier alpha value is -0.160. The number of rotatable bonds is 9. The van der Waals surface area contributed by atoms with Crippen LogP contribution >= 0.6 is 0 Å². The third-order valence-electron chi connectivity index (χ3n) is 3.12. The Morgan fingerprint density at radius 3 is 2.12 bits per heavy atom. The quantitative estimate of drug-likeness (QED) is 0.554. The minimum atomic E-state index is -0.779. The summed E-state index contributed by atoms with van der Waals surface area (Å²) in [6.07, 6.45) is 2.03. The summed E-state index contributed by atoms with van der Waals surface area (Å²) in [4.78, 5) is 0. The summed E-state index contributed by atoms with van der Waals surface area (Å²) in [7, 11) is 1.62. The molecule has 3 N–H and O–H groups in total. The van der Waals surface area contributed by atoms with E-state index < -0.39 is 11.2 Å². The van der Waals surface area contributed by atoms with Gasteiger partial charge in [0.1, 0.15) is 0 Å². The largest absolute Gasteiger partial charge is 0.389 e. The zero-order valence-electron chi connectivity index (χ0n) is 11.0. The molecule has 0 saturated carbocycles. The lowest BCUT2D eigenvalue weighted by Gasteiger charge is -2.29. The Bertz CT molecular complexity index is 179. The van der Waals surface area contributed by atoms with Crippen LogP contribution in [0.25, 0.3) is 0 Å². The Balaban J connectivity index is 3.87. The third kappa shape index (κ3) is 6.43. The summed E-state index contributed by atoms with van der Waals surface area (Å²) in [6.45, 7) is 7.24. The molecule has 0 fully saturated rings. The zero-order chi connectivity index (χ0) is 12.7.